The summed E-state index contributed by atoms with van der Waals surface area (Å²) in [7, 11) is 0. The molecule has 3 nitrogen and oxygen atoms in total. The Bertz CT molecular complexity index is 358. The van der Waals surface area contributed by atoms with Crippen LogP contribution >= 0.6 is 0 Å². The maximum absolute atomic E-state index is 10.8. The van der Waals surface area contributed by atoms with Gasteiger partial charge in [0.2, 0.25) is 0 Å². The van der Waals surface area contributed by atoms with Gasteiger partial charge in [-0.1, -0.05) is 24.3 Å². The number of rotatable bonds is 4. The molecule has 0 aliphatic carbocycles. The molecule has 0 aromatic heterocycles. The Kier molecular flexibility index (Phi) is 4.03. The highest BCUT2D eigenvalue weighted by atomic mass is 16.5. The summed E-state index contributed by atoms with van der Waals surface area (Å²) in [6.07, 6.45) is 0.889. The minimum Gasteiger partial charge on any atom is -0.458 e. The van der Waals surface area contributed by atoms with Gasteiger partial charge in [-0.3, -0.25) is 4.79 Å². The fourth-order valence-corrected chi connectivity index (χ4v) is 1.52. The maximum Gasteiger partial charge on any atom is 0.303 e. The monoisotopic (exact) mass is 206 g/mol. The number of aldehydes is 1. The molecule has 0 amide bonds. The van der Waals surface area contributed by atoms with E-state index in [0.29, 0.717) is 6.42 Å². The molecule has 1 unspecified atom stereocenters. The van der Waals surface area contributed by atoms with Crippen LogP contribution in [-0.2, 0) is 20.7 Å². The molecule has 0 fully saturated rings. The van der Waals surface area contributed by atoms with Crippen molar-refractivity contribution in [1.29, 1.82) is 0 Å². The number of carbonyl (C=O) groups is 2. The second-order valence-electron chi connectivity index (χ2n) is 3.32. The third kappa shape index (κ3) is 3.20. The third-order valence-electron chi connectivity index (χ3n) is 2.14. The van der Waals surface area contributed by atoms with Gasteiger partial charge in [-0.15, -0.1) is 0 Å². The first kappa shape index (κ1) is 11.4. The van der Waals surface area contributed by atoms with Crippen molar-refractivity contribution in [2.45, 2.75) is 26.4 Å². The van der Waals surface area contributed by atoms with Crippen LogP contribution in [0.3, 0.4) is 0 Å². The van der Waals surface area contributed by atoms with Crippen molar-refractivity contribution in [3.8, 4) is 0 Å². The number of ether oxygens (including phenoxy) is 1. The van der Waals surface area contributed by atoms with E-state index in [-0.39, 0.29) is 12.1 Å². The van der Waals surface area contributed by atoms with E-state index >= 15 is 0 Å². The molecular formula is C12H14O3. The van der Waals surface area contributed by atoms with Crippen LogP contribution in [0, 0.1) is 0 Å². The zero-order chi connectivity index (χ0) is 11.3. The molecule has 3 heteroatoms. The Hall–Kier alpha value is -1.64. The molecule has 0 radical (unpaired) electrons. The van der Waals surface area contributed by atoms with Gasteiger partial charge in [0.1, 0.15) is 12.4 Å². The van der Waals surface area contributed by atoms with Crippen molar-refractivity contribution < 1.29 is 14.3 Å². The quantitative estimate of drug-likeness (QED) is 0.559. The van der Waals surface area contributed by atoms with Crippen LogP contribution in [0.15, 0.2) is 24.3 Å². The van der Waals surface area contributed by atoms with Crippen molar-refractivity contribution in [3.63, 3.8) is 0 Å². The highest BCUT2D eigenvalue weighted by Gasteiger charge is 2.11. The second kappa shape index (κ2) is 5.29. The average molecular weight is 206 g/mol. The maximum atomic E-state index is 10.8. The van der Waals surface area contributed by atoms with Crippen LogP contribution in [-0.4, -0.2) is 12.3 Å². The van der Waals surface area contributed by atoms with Crippen LogP contribution in [0.2, 0.25) is 0 Å². The van der Waals surface area contributed by atoms with Crippen molar-refractivity contribution in [3.05, 3.63) is 35.4 Å². The molecule has 1 rings (SSSR count). The van der Waals surface area contributed by atoms with Crippen LogP contribution in [0.4, 0.5) is 0 Å². The molecule has 0 bridgehead atoms. The van der Waals surface area contributed by atoms with Gasteiger partial charge in [-0.25, -0.2) is 0 Å². The van der Waals surface area contributed by atoms with E-state index in [9.17, 15) is 9.59 Å². The third-order valence-corrected chi connectivity index (χ3v) is 2.14. The summed E-state index contributed by atoms with van der Waals surface area (Å²) in [5.41, 5.74) is 1.79. The van der Waals surface area contributed by atoms with E-state index in [2.05, 4.69) is 0 Å². The Morgan fingerprint density at radius 2 is 2.13 bits per heavy atom. The zero-order valence-corrected chi connectivity index (χ0v) is 8.90. The van der Waals surface area contributed by atoms with Crippen molar-refractivity contribution in [2.75, 3.05) is 0 Å². The molecule has 15 heavy (non-hydrogen) atoms. The standard InChI is InChI=1S/C12H14O3/c1-9(15-10(2)14)12-6-4-3-5-11(12)7-8-13/h3-6,8-9H,7H2,1-2H3. The fourth-order valence-electron chi connectivity index (χ4n) is 1.52. The van der Waals surface area contributed by atoms with Gasteiger partial charge in [-0.2, -0.15) is 0 Å². The predicted molar refractivity (Wildman–Crippen MR) is 56.4 cm³/mol. The van der Waals surface area contributed by atoms with Crippen LogP contribution < -0.4 is 0 Å². The molecular weight excluding hydrogens is 192 g/mol. The van der Waals surface area contributed by atoms with Gasteiger partial charge >= 0.3 is 5.97 Å². The van der Waals surface area contributed by atoms with E-state index in [1.165, 1.54) is 6.92 Å². The number of carbonyl (C=O) groups excluding carboxylic acids is 2. The van der Waals surface area contributed by atoms with Gasteiger partial charge in [0, 0.05) is 13.3 Å². The normalized spacial score (nSPS) is 11.9. The first-order valence-corrected chi connectivity index (χ1v) is 4.83. The summed E-state index contributed by atoms with van der Waals surface area (Å²) in [6, 6.07) is 7.46. The summed E-state index contributed by atoms with van der Waals surface area (Å²) >= 11 is 0. The topological polar surface area (TPSA) is 43.4 Å². The van der Waals surface area contributed by atoms with Gasteiger partial charge in [-0.05, 0) is 18.1 Å². The van der Waals surface area contributed by atoms with Crippen molar-refractivity contribution >= 4 is 12.3 Å². The molecule has 0 spiro atoms. The van der Waals surface area contributed by atoms with Gasteiger partial charge in [0.15, 0.2) is 0 Å². The van der Waals surface area contributed by atoms with E-state index in [4.69, 9.17) is 4.74 Å². The number of esters is 1. The minimum absolute atomic E-state index is 0.307. The molecule has 0 saturated carbocycles. The molecule has 0 N–H and O–H groups in total. The van der Waals surface area contributed by atoms with Crippen molar-refractivity contribution in [1.82, 2.24) is 0 Å². The summed E-state index contributed by atoms with van der Waals surface area (Å²) in [5, 5.41) is 0. The SMILES string of the molecule is CC(=O)OC(C)c1ccccc1CC=O. The van der Waals surface area contributed by atoms with Gasteiger partial charge in [0.25, 0.3) is 0 Å². The summed E-state index contributed by atoms with van der Waals surface area (Å²) in [5.74, 6) is -0.316. The van der Waals surface area contributed by atoms with Gasteiger partial charge < -0.3 is 9.53 Å². The average Bonchev–Trinajstić information content (AvgIpc) is 2.18. The molecule has 0 heterocycles. The molecule has 0 saturated heterocycles. The predicted octanol–water partition coefficient (Wildman–Crippen LogP) is 2.05. The fraction of sp³-hybridized carbons (Fsp3) is 0.333. The summed E-state index contributed by atoms with van der Waals surface area (Å²) in [6.45, 7) is 3.17. The summed E-state index contributed by atoms with van der Waals surface area (Å²) in [4.78, 5) is 21.3. The Morgan fingerprint density at radius 1 is 1.47 bits per heavy atom. The van der Waals surface area contributed by atoms with E-state index in [1.807, 2.05) is 24.3 Å². The Balaban J connectivity index is 2.90. The lowest BCUT2D eigenvalue weighted by Crippen LogP contribution is -2.07. The number of hydrogen-bond donors (Lipinski definition) is 0. The Labute approximate surface area is 89.1 Å². The second-order valence-corrected chi connectivity index (χ2v) is 3.32. The van der Waals surface area contributed by atoms with Crippen LogP contribution in [0.5, 0.6) is 0 Å². The van der Waals surface area contributed by atoms with Gasteiger partial charge in [0.05, 0.1) is 0 Å². The Morgan fingerprint density at radius 3 is 2.73 bits per heavy atom. The molecule has 1 aromatic carbocycles. The number of benzene rings is 1. The minimum atomic E-state index is -0.316. The molecule has 0 aliphatic rings. The highest BCUT2D eigenvalue weighted by Crippen LogP contribution is 2.21. The molecule has 0 aliphatic heterocycles. The van der Waals surface area contributed by atoms with E-state index in [1.54, 1.807) is 6.92 Å². The molecule has 80 valence electrons. The number of hydrogen-bond acceptors (Lipinski definition) is 3. The lowest BCUT2D eigenvalue weighted by Gasteiger charge is -2.15. The van der Waals surface area contributed by atoms with E-state index in [0.717, 1.165) is 17.4 Å². The van der Waals surface area contributed by atoms with Crippen LogP contribution in [0.1, 0.15) is 31.1 Å². The zero-order valence-electron chi connectivity index (χ0n) is 8.90. The molecule has 1 atom stereocenters. The van der Waals surface area contributed by atoms with Crippen LogP contribution in [0.25, 0.3) is 0 Å². The molecule has 1 aromatic rings. The largest absolute Gasteiger partial charge is 0.458 e. The van der Waals surface area contributed by atoms with E-state index < -0.39 is 0 Å². The lowest BCUT2D eigenvalue weighted by atomic mass is 10.0. The summed E-state index contributed by atoms with van der Waals surface area (Å²) < 4.78 is 5.07. The first-order valence-electron chi connectivity index (χ1n) is 4.83. The highest BCUT2D eigenvalue weighted by molar-refractivity contribution is 5.66. The first-order chi connectivity index (χ1) is 7.15. The smallest absolute Gasteiger partial charge is 0.303 e. The van der Waals surface area contributed by atoms with Crippen molar-refractivity contribution in [2.24, 2.45) is 0 Å². The lowest BCUT2D eigenvalue weighted by molar-refractivity contribution is -0.145.